The lowest BCUT2D eigenvalue weighted by Crippen LogP contribution is -2.35. The van der Waals surface area contributed by atoms with Crippen molar-refractivity contribution in [3.63, 3.8) is 0 Å². The third kappa shape index (κ3) is 4.11. The zero-order valence-corrected chi connectivity index (χ0v) is 17.2. The van der Waals surface area contributed by atoms with Gasteiger partial charge in [-0.2, -0.15) is 0 Å². The molecule has 0 amide bonds. The van der Waals surface area contributed by atoms with Crippen LogP contribution in [-0.4, -0.2) is 34.1 Å². The van der Waals surface area contributed by atoms with E-state index < -0.39 is 11.6 Å². The van der Waals surface area contributed by atoms with Crippen LogP contribution < -0.4 is 16.4 Å². The summed E-state index contributed by atoms with van der Waals surface area (Å²) in [5.41, 5.74) is 8.37. The third-order valence-electron chi connectivity index (χ3n) is 5.56. The Hall–Kier alpha value is -2.71. The Labute approximate surface area is 174 Å². The van der Waals surface area contributed by atoms with Crippen molar-refractivity contribution in [1.29, 1.82) is 0 Å². The number of aromatic nitrogens is 3. The largest absolute Gasteiger partial charge is 0.351 e. The lowest BCUT2D eigenvalue weighted by Gasteiger charge is -2.23. The van der Waals surface area contributed by atoms with Crippen LogP contribution in [0, 0.1) is 18.6 Å². The van der Waals surface area contributed by atoms with Crippen molar-refractivity contribution in [2.45, 2.75) is 45.2 Å². The zero-order chi connectivity index (χ0) is 21.3. The lowest BCUT2D eigenvalue weighted by atomic mass is 9.97. The maximum absolute atomic E-state index is 15.0. The number of benzene rings is 1. The first kappa shape index (κ1) is 20.6. The molecule has 158 valence electrons. The highest BCUT2D eigenvalue weighted by molar-refractivity contribution is 5.88. The highest BCUT2D eigenvalue weighted by Gasteiger charge is 2.19. The van der Waals surface area contributed by atoms with Crippen molar-refractivity contribution < 1.29 is 8.78 Å². The summed E-state index contributed by atoms with van der Waals surface area (Å²) in [6.45, 7) is 5.60. The molecule has 2 aromatic heterocycles. The topological polar surface area (TPSA) is 88.8 Å². The number of anilines is 1. The Morgan fingerprint density at radius 1 is 1.17 bits per heavy atom. The minimum absolute atomic E-state index is 0.0545. The van der Waals surface area contributed by atoms with Gasteiger partial charge < -0.3 is 16.4 Å². The molecule has 8 heteroatoms. The van der Waals surface area contributed by atoms with Crippen LogP contribution in [0.1, 0.15) is 43.5 Å². The van der Waals surface area contributed by atoms with Crippen molar-refractivity contribution in [3.8, 4) is 11.3 Å². The molecule has 0 bridgehead atoms. The molecular weight excluding hydrogens is 386 g/mol. The summed E-state index contributed by atoms with van der Waals surface area (Å²) in [6, 6.07) is 4.81. The molecule has 30 heavy (non-hydrogen) atoms. The van der Waals surface area contributed by atoms with Gasteiger partial charge in [-0.25, -0.2) is 18.7 Å². The first-order valence-corrected chi connectivity index (χ1v) is 10.3. The Morgan fingerprint density at radius 3 is 2.67 bits per heavy atom. The minimum Gasteiger partial charge on any atom is -0.351 e. The van der Waals surface area contributed by atoms with Crippen molar-refractivity contribution in [2.75, 3.05) is 18.4 Å². The number of nitrogens with one attached hydrogen (secondary N) is 2. The van der Waals surface area contributed by atoms with Gasteiger partial charge >= 0.3 is 0 Å². The van der Waals surface area contributed by atoms with Gasteiger partial charge in [-0.15, -0.1) is 0 Å². The number of nitrogens with two attached hydrogens (primary N) is 1. The van der Waals surface area contributed by atoms with Gasteiger partial charge in [0.15, 0.2) is 5.82 Å². The fraction of sp³-hybridized carbons (Fsp3) is 0.409. The van der Waals surface area contributed by atoms with Gasteiger partial charge in [0.1, 0.15) is 17.0 Å². The van der Waals surface area contributed by atoms with Crippen LogP contribution in [0.5, 0.6) is 0 Å². The molecule has 1 atom stereocenters. The fourth-order valence-electron chi connectivity index (χ4n) is 3.90. The van der Waals surface area contributed by atoms with Crippen LogP contribution in [0.2, 0.25) is 0 Å². The van der Waals surface area contributed by atoms with E-state index in [1.54, 1.807) is 6.07 Å². The second-order valence-electron chi connectivity index (χ2n) is 7.78. The molecule has 3 aromatic rings. The van der Waals surface area contributed by atoms with Gasteiger partial charge in [-0.05, 0) is 63.0 Å². The van der Waals surface area contributed by atoms with E-state index in [1.165, 1.54) is 6.07 Å². The molecule has 1 aliphatic heterocycles. The average Bonchev–Trinajstić information content (AvgIpc) is 2.75. The van der Waals surface area contributed by atoms with Crippen molar-refractivity contribution in [1.82, 2.24) is 20.3 Å². The maximum atomic E-state index is 15.0. The Kier molecular flexibility index (Phi) is 5.87. The van der Waals surface area contributed by atoms with Crippen LogP contribution in [-0.2, 0) is 0 Å². The van der Waals surface area contributed by atoms with Crippen molar-refractivity contribution in [3.05, 3.63) is 47.3 Å². The van der Waals surface area contributed by atoms with Gasteiger partial charge in [0.05, 0.1) is 6.20 Å². The molecule has 1 saturated heterocycles. The molecule has 4 rings (SSSR count). The third-order valence-corrected chi connectivity index (χ3v) is 5.56. The van der Waals surface area contributed by atoms with E-state index >= 15 is 0 Å². The summed E-state index contributed by atoms with van der Waals surface area (Å²) in [6.07, 6.45) is 3.68. The molecule has 4 N–H and O–H groups in total. The maximum Gasteiger partial charge on any atom is 0.223 e. The highest BCUT2D eigenvalue weighted by atomic mass is 19.1. The Balaban J connectivity index is 1.79. The number of nitrogens with zero attached hydrogens (tertiary/aromatic N) is 3. The Bertz CT molecular complexity index is 1070. The Morgan fingerprint density at radius 2 is 1.93 bits per heavy atom. The number of pyridine rings is 1. The average molecular weight is 412 g/mol. The molecule has 3 heterocycles. The first-order chi connectivity index (χ1) is 14.5. The molecule has 1 aromatic carbocycles. The standard InChI is InChI=1S/C22H26F2N6/c1-3-19(25)15-8-12(2)28-21-16(15)9-13(10-17(21)23)20-18(24)11-27-22(30-20)29-14-4-6-26-7-5-14/h8-11,14,19,26H,3-7,25H2,1-2H3,(H,27,29,30). The predicted octanol–water partition coefficient (Wildman–Crippen LogP) is 3.85. The van der Waals surface area contributed by atoms with E-state index in [0.29, 0.717) is 29.0 Å². The van der Waals surface area contributed by atoms with Crippen molar-refractivity contribution >= 4 is 16.9 Å². The summed E-state index contributed by atoms with van der Waals surface area (Å²) in [4.78, 5) is 12.8. The monoisotopic (exact) mass is 412 g/mol. The molecular formula is C22H26F2N6. The SMILES string of the molecule is CCC(N)c1cc(C)nc2c(F)cc(-c3nc(NC4CCNCC4)ncc3F)cc12. The first-order valence-electron chi connectivity index (χ1n) is 10.3. The van der Waals surface area contributed by atoms with E-state index in [2.05, 4.69) is 25.6 Å². The van der Waals surface area contributed by atoms with E-state index in [1.807, 2.05) is 19.9 Å². The highest BCUT2D eigenvalue weighted by Crippen LogP contribution is 2.32. The van der Waals surface area contributed by atoms with Gasteiger partial charge in [0, 0.05) is 28.7 Å². The van der Waals surface area contributed by atoms with E-state index in [4.69, 9.17) is 5.73 Å². The summed E-state index contributed by atoms with van der Waals surface area (Å²) < 4.78 is 29.6. The lowest BCUT2D eigenvalue weighted by molar-refractivity contribution is 0.477. The van der Waals surface area contributed by atoms with Gasteiger partial charge in [-0.1, -0.05) is 6.92 Å². The smallest absolute Gasteiger partial charge is 0.223 e. The molecule has 0 aliphatic carbocycles. The molecule has 0 spiro atoms. The van der Waals surface area contributed by atoms with Gasteiger partial charge in [-0.3, -0.25) is 4.98 Å². The van der Waals surface area contributed by atoms with Gasteiger partial charge in [0.25, 0.3) is 0 Å². The number of aryl methyl sites for hydroxylation is 1. The molecule has 1 fully saturated rings. The second-order valence-corrected chi connectivity index (χ2v) is 7.78. The summed E-state index contributed by atoms with van der Waals surface area (Å²) >= 11 is 0. The van der Waals surface area contributed by atoms with Crippen molar-refractivity contribution in [2.24, 2.45) is 5.73 Å². The molecule has 1 aliphatic rings. The van der Waals surface area contributed by atoms with E-state index in [-0.39, 0.29) is 23.3 Å². The van der Waals surface area contributed by atoms with Gasteiger partial charge in [0.2, 0.25) is 5.95 Å². The number of hydrogen-bond acceptors (Lipinski definition) is 6. The van der Waals surface area contributed by atoms with Crippen LogP contribution in [0.4, 0.5) is 14.7 Å². The number of fused-ring (bicyclic) bond motifs is 1. The van der Waals surface area contributed by atoms with E-state index in [9.17, 15) is 8.78 Å². The number of hydrogen-bond donors (Lipinski definition) is 3. The predicted molar refractivity (Wildman–Crippen MR) is 114 cm³/mol. The van der Waals surface area contributed by atoms with E-state index in [0.717, 1.165) is 37.7 Å². The summed E-state index contributed by atoms with van der Waals surface area (Å²) in [5.74, 6) is -0.793. The molecule has 6 nitrogen and oxygen atoms in total. The summed E-state index contributed by atoms with van der Waals surface area (Å²) in [5, 5.41) is 7.14. The number of halogens is 2. The van der Waals surface area contributed by atoms with Crippen LogP contribution >= 0.6 is 0 Å². The molecule has 0 saturated carbocycles. The second kappa shape index (κ2) is 8.57. The van der Waals surface area contributed by atoms with Crippen LogP contribution in [0.15, 0.2) is 24.4 Å². The normalized spacial score (nSPS) is 16.0. The zero-order valence-electron chi connectivity index (χ0n) is 17.2. The summed E-state index contributed by atoms with van der Waals surface area (Å²) in [7, 11) is 0. The molecule has 0 radical (unpaired) electrons. The van der Waals surface area contributed by atoms with Crippen LogP contribution in [0.3, 0.4) is 0 Å². The quantitative estimate of drug-likeness (QED) is 0.590. The molecule has 1 unspecified atom stereocenters. The number of piperidine rings is 1. The number of rotatable bonds is 5. The fourth-order valence-corrected chi connectivity index (χ4v) is 3.90. The van der Waals surface area contributed by atoms with Crippen LogP contribution in [0.25, 0.3) is 22.2 Å². The minimum atomic E-state index is -0.606.